The van der Waals surface area contributed by atoms with Crippen LogP contribution < -0.4 is 5.73 Å². The summed E-state index contributed by atoms with van der Waals surface area (Å²) in [6.45, 7) is 3.64. The molecule has 0 bridgehead atoms. The largest absolute Gasteiger partial charge is 0.472 e. The van der Waals surface area contributed by atoms with Gasteiger partial charge in [-0.2, -0.15) is 0 Å². The number of hydrogen-bond acceptors (Lipinski definition) is 8. The second kappa shape index (κ2) is 53.8. The molecule has 0 aliphatic carbocycles. The molecule has 2 unspecified atom stereocenters. The van der Waals surface area contributed by atoms with Gasteiger partial charge in [-0.3, -0.25) is 18.6 Å². The maximum atomic E-state index is 12.7. The van der Waals surface area contributed by atoms with Gasteiger partial charge < -0.3 is 20.1 Å². The summed E-state index contributed by atoms with van der Waals surface area (Å²) in [7, 11) is -4.38. The Labute approximate surface area is 418 Å². The molecule has 0 aromatic carbocycles. The van der Waals surface area contributed by atoms with Crippen LogP contribution in [0.15, 0.2) is 72.9 Å². The first-order valence-corrected chi connectivity index (χ1v) is 29.4. The third-order valence-electron chi connectivity index (χ3n) is 11.9. The molecule has 2 atom stereocenters. The van der Waals surface area contributed by atoms with Crippen LogP contribution >= 0.6 is 7.82 Å². The zero-order valence-corrected chi connectivity index (χ0v) is 44.7. The smallest absolute Gasteiger partial charge is 0.462 e. The van der Waals surface area contributed by atoms with Crippen molar-refractivity contribution in [1.29, 1.82) is 0 Å². The molecule has 0 aliphatic heterocycles. The van der Waals surface area contributed by atoms with Crippen LogP contribution in [0.5, 0.6) is 0 Å². The Hall–Kier alpha value is -2.55. The van der Waals surface area contributed by atoms with Gasteiger partial charge in [0.15, 0.2) is 6.10 Å². The van der Waals surface area contributed by atoms with Gasteiger partial charge >= 0.3 is 19.8 Å². The molecule has 0 saturated heterocycles. The predicted molar refractivity (Wildman–Crippen MR) is 289 cm³/mol. The molecular weight excluding hydrogens is 870 g/mol. The van der Waals surface area contributed by atoms with Crippen molar-refractivity contribution in [3.8, 4) is 0 Å². The first-order chi connectivity index (χ1) is 33.3. The molecule has 0 rings (SSSR count). The van der Waals surface area contributed by atoms with Crippen molar-refractivity contribution in [2.75, 3.05) is 26.4 Å². The standard InChI is InChI=1S/C58H104NO8P/c1-3-5-7-9-11-13-15-17-18-19-20-21-22-23-24-25-26-27-28-29-30-31-32-33-34-35-36-37-38-39-41-43-45-47-49-51-58(61)67-56(55-66-68(62,63)65-53-52-59)54-64-57(60)50-48-46-44-42-40-16-14-12-10-8-6-4-2/h5,7,11,13,17-18,20-21,23-24,26-27,56H,3-4,6,8-10,12,14-16,19,22,25,28-55,59H2,1-2H3,(H,62,63)/b7-5-,13-11-,18-17-,21-20-,24-23-,27-26-. The third-order valence-corrected chi connectivity index (χ3v) is 12.8. The van der Waals surface area contributed by atoms with Gasteiger partial charge in [-0.05, 0) is 64.2 Å². The zero-order valence-electron chi connectivity index (χ0n) is 43.8. The van der Waals surface area contributed by atoms with E-state index in [0.717, 1.165) is 77.0 Å². The summed E-state index contributed by atoms with van der Waals surface area (Å²) in [5, 5.41) is 0. The van der Waals surface area contributed by atoms with Crippen molar-refractivity contribution in [2.24, 2.45) is 5.73 Å². The molecule has 68 heavy (non-hydrogen) atoms. The maximum Gasteiger partial charge on any atom is 0.472 e. The average Bonchev–Trinajstić information content (AvgIpc) is 3.33. The number of rotatable bonds is 52. The Balaban J connectivity index is 3.86. The van der Waals surface area contributed by atoms with Crippen molar-refractivity contribution in [3.05, 3.63) is 72.9 Å². The molecule has 0 aromatic rings. The second-order valence-electron chi connectivity index (χ2n) is 18.4. The number of esters is 2. The van der Waals surface area contributed by atoms with Gasteiger partial charge in [-0.15, -0.1) is 0 Å². The molecule has 3 N–H and O–H groups in total. The summed E-state index contributed by atoms with van der Waals surface area (Å²) in [5.74, 6) is -0.821. The van der Waals surface area contributed by atoms with Gasteiger partial charge in [0.2, 0.25) is 0 Å². The Kier molecular flexibility index (Phi) is 51.8. The summed E-state index contributed by atoms with van der Waals surface area (Å²) in [6.07, 6.45) is 68.2. The van der Waals surface area contributed by atoms with Crippen LogP contribution in [0.4, 0.5) is 0 Å². The first-order valence-electron chi connectivity index (χ1n) is 27.9. The van der Waals surface area contributed by atoms with Crippen molar-refractivity contribution in [3.63, 3.8) is 0 Å². The van der Waals surface area contributed by atoms with Crippen LogP contribution in [-0.2, 0) is 32.7 Å². The van der Waals surface area contributed by atoms with Crippen LogP contribution in [0, 0.1) is 0 Å². The fourth-order valence-corrected chi connectivity index (χ4v) is 8.52. The minimum absolute atomic E-state index is 0.0534. The topological polar surface area (TPSA) is 134 Å². The van der Waals surface area contributed by atoms with E-state index in [2.05, 4.69) is 86.8 Å². The number of carbonyl (C=O) groups excluding carboxylic acids is 2. The SMILES string of the molecule is CC/C=C\C/C=C\C/C=C\C/C=C\C/C=C\C/C=C\CCCCCCCCCCCCCCCCCCC(=O)OC(COC(=O)CCCCCCCCCCCCCC)COP(=O)(O)OCCN. The monoisotopic (exact) mass is 974 g/mol. The van der Waals surface area contributed by atoms with Crippen LogP contribution in [-0.4, -0.2) is 49.3 Å². The van der Waals surface area contributed by atoms with Crippen molar-refractivity contribution in [2.45, 2.75) is 258 Å². The molecule has 0 spiro atoms. The maximum absolute atomic E-state index is 12.7. The minimum Gasteiger partial charge on any atom is -0.462 e. The number of phosphoric acid groups is 1. The molecule has 0 radical (unpaired) electrons. The summed E-state index contributed by atoms with van der Waals surface area (Å²) in [4.78, 5) is 35.0. The number of unbranched alkanes of at least 4 members (excludes halogenated alkanes) is 27. The lowest BCUT2D eigenvalue weighted by Crippen LogP contribution is -2.29. The van der Waals surface area contributed by atoms with Crippen LogP contribution in [0.25, 0.3) is 0 Å². The highest BCUT2D eigenvalue weighted by Gasteiger charge is 2.26. The van der Waals surface area contributed by atoms with E-state index in [1.54, 1.807) is 0 Å². The van der Waals surface area contributed by atoms with Crippen molar-refractivity contribution in [1.82, 2.24) is 0 Å². The van der Waals surface area contributed by atoms with Gasteiger partial charge in [0, 0.05) is 19.4 Å². The van der Waals surface area contributed by atoms with Crippen LogP contribution in [0.3, 0.4) is 0 Å². The van der Waals surface area contributed by atoms with Gasteiger partial charge in [0.05, 0.1) is 13.2 Å². The zero-order chi connectivity index (χ0) is 49.5. The van der Waals surface area contributed by atoms with Crippen LogP contribution in [0.2, 0.25) is 0 Å². The summed E-state index contributed by atoms with van der Waals surface area (Å²) in [5.41, 5.74) is 5.37. The highest BCUT2D eigenvalue weighted by Crippen LogP contribution is 2.43. The molecule has 9 nitrogen and oxygen atoms in total. The molecule has 0 saturated carbocycles. The lowest BCUT2D eigenvalue weighted by molar-refractivity contribution is -0.161. The molecule has 0 aliphatic rings. The fraction of sp³-hybridized carbons (Fsp3) is 0.759. The average molecular weight is 974 g/mol. The summed E-state index contributed by atoms with van der Waals surface area (Å²) in [6, 6.07) is 0. The number of phosphoric ester groups is 1. The summed E-state index contributed by atoms with van der Waals surface area (Å²) < 4.78 is 32.9. The molecule has 0 heterocycles. The van der Waals surface area contributed by atoms with Gasteiger partial charge in [-0.1, -0.05) is 247 Å². The second-order valence-corrected chi connectivity index (χ2v) is 19.9. The van der Waals surface area contributed by atoms with Gasteiger partial charge in [0.25, 0.3) is 0 Å². The van der Waals surface area contributed by atoms with Gasteiger partial charge in [0.1, 0.15) is 6.61 Å². The normalized spacial score (nSPS) is 13.6. The van der Waals surface area contributed by atoms with E-state index in [0.29, 0.717) is 6.42 Å². The lowest BCUT2D eigenvalue weighted by Gasteiger charge is -2.19. The van der Waals surface area contributed by atoms with E-state index in [9.17, 15) is 19.0 Å². The molecule has 0 fully saturated rings. The number of ether oxygens (including phenoxy) is 2. The molecule has 0 aromatic heterocycles. The van der Waals surface area contributed by atoms with Crippen molar-refractivity contribution < 1.29 is 37.6 Å². The Morgan fingerprint density at radius 1 is 0.456 bits per heavy atom. The third kappa shape index (κ3) is 52.8. The number of allylic oxidation sites excluding steroid dienone is 12. The van der Waals surface area contributed by atoms with Crippen LogP contribution in [0.1, 0.15) is 251 Å². The molecule has 394 valence electrons. The van der Waals surface area contributed by atoms with E-state index in [1.165, 1.54) is 141 Å². The van der Waals surface area contributed by atoms with E-state index < -0.39 is 26.5 Å². The number of carbonyl (C=O) groups is 2. The minimum atomic E-state index is -4.38. The first kappa shape index (κ1) is 65.5. The number of hydrogen-bond donors (Lipinski definition) is 2. The Morgan fingerprint density at radius 2 is 0.809 bits per heavy atom. The van der Waals surface area contributed by atoms with E-state index in [1.807, 2.05) is 0 Å². The van der Waals surface area contributed by atoms with E-state index >= 15 is 0 Å². The van der Waals surface area contributed by atoms with E-state index in [4.69, 9.17) is 24.3 Å². The quantitative estimate of drug-likeness (QED) is 0.0264. The predicted octanol–water partition coefficient (Wildman–Crippen LogP) is 17.3. The molecule has 0 amide bonds. The highest BCUT2D eigenvalue weighted by atomic mass is 31.2. The van der Waals surface area contributed by atoms with Crippen molar-refractivity contribution >= 4 is 19.8 Å². The fourth-order valence-electron chi connectivity index (χ4n) is 7.76. The van der Waals surface area contributed by atoms with Gasteiger partial charge in [-0.25, -0.2) is 4.57 Å². The molecular formula is C58H104NO8P. The molecule has 10 heteroatoms. The lowest BCUT2D eigenvalue weighted by atomic mass is 10.0. The Morgan fingerprint density at radius 3 is 1.21 bits per heavy atom. The number of nitrogens with two attached hydrogens (primary N) is 1. The Bertz CT molecular complexity index is 1340. The van der Waals surface area contributed by atoms with E-state index in [-0.39, 0.29) is 38.6 Å². The highest BCUT2D eigenvalue weighted by molar-refractivity contribution is 7.47. The summed E-state index contributed by atoms with van der Waals surface area (Å²) >= 11 is 0.